The van der Waals surface area contributed by atoms with Crippen molar-refractivity contribution in [3.05, 3.63) is 0 Å². The minimum absolute atomic E-state index is 0.0417. The first-order valence-corrected chi connectivity index (χ1v) is 12.3. The van der Waals surface area contributed by atoms with E-state index in [0.29, 0.717) is 45.2 Å². The van der Waals surface area contributed by atoms with E-state index >= 15 is 0 Å². The largest absolute Gasteiger partial charge is 0.471 e. The number of carbonyl (C=O) groups excluding carboxylic acids is 4. The fraction of sp³-hybridized carbons (Fsp3) is 0.852. The van der Waals surface area contributed by atoms with Crippen LogP contribution >= 0.6 is 0 Å². The Morgan fingerprint density at radius 1 is 0.750 bits per heavy atom. The quantitative estimate of drug-likeness (QED) is 0.187. The SMILES string of the molecule is CC(C)OC(C)C.CCOC(C)=O.CCOC=O.CO.COC(C)(C)C.COC(C)=O.COC=O.COCOC. The summed E-state index contributed by atoms with van der Waals surface area (Å²) in [5, 5.41) is 7.00. The van der Waals surface area contributed by atoms with Crippen molar-refractivity contribution in [2.75, 3.05) is 62.7 Å². The van der Waals surface area contributed by atoms with Crippen molar-refractivity contribution in [1.29, 1.82) is 0 Å². The topological polar surface area (TPSA) is 162 Å². The minimum atomic E-state index is -0.245. The molecule has 40 heavy (non-hydrogen) atoms. The molecule has 0 aromatic carbocycles. The summed E-state index contributed by atoms with van der Waals surface area (Å²) in [6.07, 6.45) is 0.750. The van der Waals surface area contributed by atoms with Gasteiger partial charge in [-0.1, -0.05) is 0 Å². The van der Waals surface area contributed by atoms with Crippen molar-refractivity contribution in [3.63, 3.8) is 0 Å². The maximum Gasteiger partial charge on any atom is 0.302 e. The molecule has 0 aliphatic carbocycles. The van der Waals surface area contributed by atoms with Gasteiger partial charge in [0, 0.05) is 42.3 Å². The summed E-state index contributed by atoms with van der Waals surface area (Å²) in [7, 11) is 8.54. The Kier molecular flexibility index (Phi) is 81.7. The van der Waals surface area contributed by atoms with Gasteiger partial charge in [0.1, 0.15) is 6.79 Å². The monoisotopic (exact) mass is 594 g/mol. The number of ether oxygens (including phenoxy) is 8. The van der Waals surface area contributed by atoms with Crippen LogP contribution in [0.25, 0.3) is 0 Å². The van der Waals surface area contributed by atoms with Gasteiger partial charge < -0.3 is 43.0 Å². The Balaban J connectivity index is -0.0000000495. The molecule has 0 saturated heterocycles. The average molecular weight is 595 g/mol. The van der Waals surface area contributed by atoms with Crippen molar-refractivity contribution in [2.45, 2.75) is 94.0 Å². The number of hydrogen-bond donors (Lipinski definition) is 1. The van der Waals surface area contributed by atoms with Crippen LogP contribution in [0.5, 0.6) is 0 Å². The Labute approximate surface area is 244 Å². The average Bonchev–Trinajstić information content (AvgIpc) is 2.87. The smallest absolute Gasteiger partial charge is 0.302 e. The van der Waals surface area contributed by atoms with Gasteiger partial charge in [0.15, 0.2) is 0 Å². The molecule has 0 spiro atoms. The summed E-state index contributed by atoms with van der Waals surface area (Å²) < 4.78 is 35.7. The van der Waals surface area contributed by atoms with Gasteiger partial charge in [0.25, 0.3) is 12.9 Å². The van der Waals surface area contributed by atoms with Gasteiger partial charge in [-0.2, -0.15) is 0 Å². The van der Waals surface area contributed by atoms with Crippen LogP contribution in [0.3, 0.4) is 0 Å². The van der Waals surface area contributed by atoms with E-state index in [-0.39, 0.29) is 17.5 Å². The highest BCUT2D eigenvalue weighted by atomic mass is 16.6. The second-order valence-electron chi connectivity index (χ2n) is 7.75. The van der Waals surface area contributed by atoms with E-state index in [9.17, 15) is 14.4 Å². The second kappa shape index (κ2) is 56.8. The van der Waals surface area contributed by atoms with Crippen LogP contribution in [0.4, 0.5) is 0 Å². The molecule has 0 aromatic rings. The number of rotatable bonds is 8. The van der Waals surface area contributed by atoms with Crippen molar-refractivity contribution in [2.24, 2.45) is 0 Å². The zero-order valence-electron chi connectivity index (χ0n) is 28.3. The molecule has 0 aromatic heterocycles. The summed E-state index contributed by atoms with van der Waals surface area (Å²) in [4.78, 5) is 37.5. The van der Waals surface area contributed by atoms with Crippen molar-refractivity contribution in [3.8, 4) is 0 Å². The first-order chi connectivity index (χ1) is 18.5. The van der Waals surface area contributed by atoms with E-state index in [4.69, 9.17) is 19.4 Å². The van der Waals surface area contributed by atoms with Crippen molar-refractivity contribution >= 4 is 24.9 Å². The predicted octanol–water partition coefficient (Wildman–Crippen LogP) is 3.81. The lowest BCUT2D eigenvalue weighted by Crippen LogP contribution is -2.15. The molecular weight excluding hydrogens is 532 g/mol. The highest BCUT2D eigenvalue weighted by Gasteiger charge is 2.04. The molecule has 0 bridgehead atoms. The maximum atomic E-state index is 9.82. The van der Waals surface area contributed by atoms with Crippen molar-refractivity contribution in [1.82, 2.24) is 0 Å². The summed E-state index contributed by atoms with van der Waals surface area (Å²) in [6, 6.07) is 0. The fourth-order valence-corrected chi connectivity index (χ4v) is 0.933. The molecule has 0 saturated carbocycles. The molecule has 1 N–H and O–H groups in total. The fourth-order valence-electron chi connectivity index (χ4n) is 0.933. The highest BCUT2D eigenvalue weighted by Crippen LogP contribution is 2.02. The third-order valence-corrected chi connectivity index (χ3v) is 2.36. The lowest BCUT2D eigenvalue weighted by Gasteiger charge is -2.14. The van der Waals surface area contributed by atoms with Gasteiger partial charge >= 0.3 is 11.9 Å². The highest BCUT2D eigenvalue weighted by molar-refractivity contribution is 5.65. The number of hydrogen-bond acceptors (Lipinski definition) is 13. The Hall–Kier alpha value is -2.32. The van der Waals surface area contributed by atoms with Gasteiger partial charge in [-0.25, -0.2) is 0 Å². The molecule has 0 aliphatic rings. The van der Waals surface area contributed by atoms with E-state index in [0.717, 1.165) is 7.11 Å². The van der Waals surface area contributed by atoms with E-state index in [2.05, 4.69) is 28.4 Å². The van der Waals surface area contributed by atoms with Gasteiger partial charge in [-0.3, -0.25) is 19.2 Å². The van der Waals surface area contributed by atoms with E-state index < -0.39 is 0 Å². The maximum absolute atomic E-state index is 9.82. The molecule has 0 fully saturated rings. The van der Waals surface area contributed by atoms with Crippen LogP contribution in [0.1, 0.15) is 76.2 Å². The van der Waals surface area contributed by atoms with E-state index in [1.165, 1.54) is 28.1 Å². The molecule has 0 atom stereocenters. The summed E-state index contributed by atoms with van der Waals surface area (Å²) in [6.45, 7) is 22.7. The lowest BCUT2D eigenvalue weighted by atomic mass is 10.2. The summed E-state index contributed by atoms with van der Waals surface area (Å²) >= 11 is 0. The normalized spacial score (nSPS) is 8.30. The van der Waals surface area contributed by atoms with Crippen molar-refractivity contribution < 1.29 is 62.2 Å². The predicted molar refractivity (Wildman–Crippen MR) is 156 cm³/mol. The van der Waals surface area contributed by atoms with Crippen LogP contribution in [-0.4, -0.2) is 110 Å². The molecule has 0 heterocycles. The number of aliphatic hydroxyl groups excluding tert-OH is 1. The minimum Gasteiger partial charge on any atom is -0.471 e. The summed E-state index contributed by atoms with van der Waals surface area (Å²) in [5.74, 6) is -0.456. The third kappa shape index (κ3) is 199. The molecule has 13 nitrogen and oxygen atoms in total. The molecule has 0 unspecified atom stereocenters. The molecule has 0 rings (SSSR count). The van der Waals surface area contributed by atoms with Gasteiger partial charge in [-0.15, -0.1) is 0 Å². The standard InChI is InChI=1S/C6H14O.C5H12O.C4H8O2.C3H8O2.2C3H6O2.C2H4O2.CH4O/c1-5(2)7-6(3)4;1-5(2,3)6-4;1-3-6-4(2)5;1-4-3-5-2;1-3(4)5-2;1-2-5-3-4;1-4-2-3;1-2/h5-6H,1-4H3;1-4H3;3H2,1-2H3;3H2,1-2H3;1-2H3;3H,2H2,1H3;2H,1H3;2H,1H3. The number of methoxy groups -OCH3 is 5. The van der Waals surface area contributed by atoms with Gasteiger partial charge in [0.05, 0.1) is 45.2 Å². The first kappa shape index (κ1) is 57.5. The van der Waals surface area contributed by atoms with E-state index in [1.54, 1.807) is 35.2 Å². The Morgan fingerprint density at radius 3 is 1.07 bits per heavy atom. The molecule has 13 heteroatoms. The first-order valence-electron chi connectivity index (χ1n) is 12.3. The Bertz CT molecular complexity index is 442. The number of aliphatic hydroxyl groups is 1. The lowest BCUT2D eigenvalue weighted by molar-refractivity contribution is -0.140. The number of carbonyl (C=O) groups is 4. The van der Waals surface area contributed by atoms with Crippen LogP contribution in [0, 0.1) is 0 Å². The van der Waals surface area contributed by atoms with Crippen LogP contribution in [0.15, 0.2) is 0 Å². The molecule has 0 amide bonds. The molecule has 0 aliphatic heterocycles. The van der Waals surface area contributed by atoms with Crippen LogP contribution in [-0.2, 0) is 57.1 Å². The summed E-state index contributed by atoms with van der Waals surface area (Å²) in [5.41, 5.74) is 0.0417. The molecule has 0 radical (unpaired) electrons. The zero-order valence-corrected chi connectivity index (χ0v) is 28.3. The van der Waals surface area contributed by atoms with Crippen LogP contribution < -0.4 is 0 Å². The number of esters is 2. The van der Waals surface area contributed by atoms with Crippen LogP contribution in [0.2, 0.25) is 0 Å². The third-order valence-electron chi connectivity index (χ3n) is 2.36. The molecule has 248 valence electrons. The molecular formula is C27H62O13. The van der Waals surface area contributed by atoms with Gasteiger partial charge in [0.2, 0.25) is 0 Å². The second-order valence-corrected chi connectivity index (χ2v) is 7.75. The zero-order chi connectivity index (χ0) is 34.0. The van der Waals surface area contributed by atoms with E-state index in [1.807, 2.05) is 48.5 Å². The Morgan fingerprint density at radius 2 is 1.07 bits per heavy atom. The van der Waals surface area contributed by atoms with Gasteiger partial charge in [-0.05, 0) is 62.3 Å².